The van der Waals surface area contributed by atoms with Crippen LogP contribution in [0.5, 0.6) is 0 Å². The van der Waals surface area contributed by atoms with Crippen LogP contribution < -0.4 is 0 Å². The summed E-state index contributed by atoms with van der Waals surface area (Å²) in [6, 6.07) is 0. The van der Waals surface area contributed by atoms with Gasteiger partial charge in [-0.1, -0.05) is 0 Å². The molecule has 0 amide bonds. The first kappa shape index (κ1) is 9.05. The zero-order valence-corrected chi connectivity index (χ0v) is 9.98. The molecule has 0 aromatic heterocycles. The minimum absolute atomic E-state index is 0. The summed E-state index contributed by atoms with van der Waals surface area (Å²) in [5, 5.41) is 0. The molecule has 0 aromatic rings. The Labute approximate surface area is 55.6 Å². The monoisotopic (exact) mass is 332 g/mol. The predicted molar refractivity (Wildman–Crippen MR) is 9.92 cm³/mol. The number of hydrogen-bond donors (Lipinski definition) is 0. The molecule has 4 heteroatoms. The quantitative estimate of drug-likeness (QED) is 0.525. The van der Waals surface area contributed by atoms with Crippen LogP contribution in [0.25, 0.3) is 0 Å². The zero-order chi connectivity index (χ0) is 2.71. The van der Waals surface area contributed by atoms with Crippen molar-refractivity contribution in [2.24, 2.45) is 0 Å². The Morgan fingerprint density at radius 3 is 1.25 bits per heavy atom. The maximum absolute atomic E-state index is 8.54. The number of hydrogen-bond acceptors (Lipinski definition) is 2. The van der Waals surface area contributed by atoms with E-state index in [4.69, 9.17) is 5.63 Å². The van der Waals surface area contributed by atoms with Gasteiger partial charge in [-0.25, -0.2) is 0 Å². The Kier molecular flexibility index (Phi) is 20.0. The Hall–Kier alpha value is 1.41. The molecule has 0 fully saturated rings. The molecule has 0 aliphatic heterocycles. The average molecular weight is 332 g/mol. The summed E-state index contributed by atoms with van der Waals surface area (Å²) in [6.45, 7) is 0. The first-order valence-corrected chi connectivity index (χ1v) is 2.42. The van der Waals surface area contributed by atoms with Gasteiger partial charge in [-0.2, -0.15) is 0 Å². The van der Waals surface area contributed by atoms with Crippen LogP contribution in [0.2, 0.25) is 0 Å². The van der Waals surface area contributed by atoms with Crippen molar-refractivity contribution in [3.05, 3.63) is 0 Å². The normalized spacial score (nSPS) is 2.00. The van der Waals surface area contributed by atoms with Gasteiger partial charge in [0.2, 0.25) is 0 Å². The van der Waals surface area contributed by atoms with Gasteiger partial charge in [-0.3, -0.25) is 0 Å². The van der Waals surface area contributed by atoms with Crippen molar-refractivity contribution in [2.45, 2.75) is 0 Å². The second-order valence-electron chi connectivity index (χ2n) is 0.0833. The van der Waals surface area contributed by atoms with E-state index in [1.165, 1.54) is 0 Å². The fraction of sp³-hybridized carbons (Fsp3) is 0. The summed E-state index contributed by atoms with van der Waals surface area (Å²) in [6.07, 6.45) is 0. The van der Waals surface area contributed by atoms with Gasteiger partial charge in [0.1, 0.15) is 0 Å². The van der Waals surface area contributed by atoms with E-state index in [0.29, 0.717) is 0 Å². The van der Waals surface area contributed by atoms with Crippen LogP contribution in [-0.4, -0.2) is 27.3 Å². The van der Waals surface area contributed by atoms with Crippen LogP contribution in [0.15, 0.2) is 0 Å². The first-order valence-electron chi connectivity index (χ1n) is 0.408. The molecular formula is H2O2PbZr. The van der Waals surface area contributed by atoms with E-state index in [0.717, 1.165) is 0 Å². The van der Waals surface area contributed by atoms with E-state index >= 15 is 0 Å². The third kappa shape index (κ3) is 9.98. The van der Waals surface area contributed by atoms with Gasteiger partial charge in [0.15, 0.2) is 0 Å². The Morgan fingerprint density at radius 2 is 1.25 bits per heavy atom. The fourth-order valence-corrected chi connectivity index (χ4v) is 0. The molecule has 0 unspecified atom stereocenters. The van der Waals surface area contributed by atoms with Crippen molar-refractivity contribution in [1.82, 2.24) is 0 Å². The van der Waals surface area contributed by atoms with Crippen LogP contribution in [-0.2, 0) is 28.9 Å². The molecular weight excluding hydrogens is 330 g/mol. The Morgan fingerprint density at radius 1 is 1.25 bits per heavy atom. The molecule has 0 aliphatic rings. The summed E-state index contributed by atoms with van der Waals surface area (Å²) >= 11 is -2.27. The van der Waals surface area contributed by atoms with E-state index in [1.807, 2.05) is 0 Å². The van der Waals surface area contributed by atoms with Gasteiger partial charge >= 0.3 is 56.2 Å². The van der Waals surface area contributed by atoms with Crippen LogP contribution in [0.4, 0.5) is 0 Å². The summed E-state index contributed by atoms with van der Waals surface area (Å²) in [5.41, 5.74) is 0. The van der Waals surface area contributed by atoms with Gasteiger partial charge in [-0.05, 0) is 0 Å². The molecule has 0 rings (SSSR count). The molecule has 0 N–H and O–H groups in total. The molecule has 2 nitrogen and oxygen atoms in total. The van der Waals surface area contributed by atoms with Crippen molar-refractivity contribution in [2.75, 3.05) is 0 Å². The van der Waals surface area contributed by atoms with Gasteiger partial charge in [0, 0.05) is 0 Å². The fourth-order valence-electron chi connectivity index (χ4n) is 0. The first-order chi connectivity index (χ1) is 1.41. The van der Waals surface area contributed by atoms with Crippen molar-refractivity contribution < 1.29 is 28.9 Å². The summed E-state index contributed by atoms with van der Waals surface area (Å²) in [4.78, 5) is 0. The van der Waals surface area contributed by atoms with Crippen molar-refractivity contribution in [3.8, 4) is 0 Å². The maximum atomic E-state index is 8.54. The third-order valence-electron chi connectivity index (χ3n) is 0. The predicted octanol–water partition coefficient (Wildman–Crippen LogP) is -1.16. The van der Waals surface area contributed by atoms with Crippen molar-refractivity contribution >= 4 is 27.3 Å². The zero-order valence-electron chi connectivity index (χ0n) is 2.02. The number of rotatable bonds is 0. The van der Waals surface area contributed by atoms with Crippen LogP contribution in [0.1, 0.15) is 0 Å². The molecule has 0 spiro atoms. The van der Waals surface area contributed by atoms with Gasteiger partial charge in [0.05, 0.1) is 0 Å². The minimum atomic E-state index is -2.27. The Balaban J connectivity index is 0. The van der Waals surface area contributed by atoms with Gasteiger partial charge in [-0.15, -0.1) is 0 Å². The van der Waals surface area contributed by atoms with Gasteiger partial charge < -0.3 is 0 Å². The molecule has 4 heavy (non-hydrogen) atoms. The molecule has 0 atom stereocenters. The van der Waals surface area contributed by atoms with E-state index in [-0.39, 0.29) is 27.3 Å². The molecule has 0 saturated carbocycles. The van der Waals surface area contributed by atoms with Crippen LogP contribution in [0.3, 0.4) is 0 Å². The summed E-state index contributed by atoms with van der Waals surface area (Å²) in [5.74, 6) is 0. The van der Waals surface area contributed by atoms with Crippen molar-refractivity contribution in [1.29, 1.82) is 0 Å². The molecule has 0 saturated heterocycles. The van der Waals surface area contributed by atoms with Gasteiger partial charge in [0.25, 0.3) is 0 Å². The second kappa shape index (κ2) is 8.83. The Bertz CT molecular complexity index is 27.0. The average Bonchev–Trinajstić information content (AvgIpc) is 0.918. The molecule has 22 valence electrons. The molecule has 0 aromatic carbocycles. The van der Waals surface area contributed by atoms with E-state index in [1.54, 1.807) is 0 Å². The third-order valence-corrected chi connectivity index (χ3v) is 0. The second-order valence-corrected chi connectivity index (χ2v) is 0.493. The summed E-state index contributed by atoms with van der Waals surface area (Å²) < 4.78 is 17.1. The van der Waals surface area contributed by atoms with Crippen LogP contribution >= 0.6 is 0 Å². The van der Waals surface area contributed by atoms with E-state index in [2.05, 4.69) is 0 Å². The van der Waals surface area contributed by atoms with Crippen molar-refractivity contribution in [3.63, 3.8) is 0 Å². The topological polar surface area (TPSA) is 34.1 Å². The standard InChI is InChI=1S/2O.Pb.Zr.2H. The van der Waals surface area contributed by atoms with E-state index in [9.17, 15) is 0 Å². The summed E-state index contributed by atoms with van der Waals surface area (Å²) in [7, 11) is 0. The SMILES string of the molecule is [O]=[Zr]=[O].[PbH2]. The molecule has 0 aliphatic carbocycles. The van der Waals surface area contributed by atoms with Crippen LogP contribution in [0, 0.1) is 0 Å². The molecule has 0 bridgehead atoms. The molecule has 2 radical (unpaired) electrons. The molecule has 0 heterocycles. The van der Waals surface area contributed by atoms with E-state index < -0.39 is 23.2 Å².